The van der Waals surface area contributed by atoms with E-state index < -0.39 is 23.1 Å². The van der Waals surface area contributed by atoms with Crippen molar-refractivity contribution in [2.45, 2.75) is 43.9 Å². The quantitative estimate of drug-likeness (QED) is 0.543. The summed E-state index contributed by atoms with van der Waals surface area (Å²) in [6, 6.07) is 5.73. The summed E-state index contributed by atoms with van der Waals surface area (Å²) in [5, 5.41) is 16.5. The summed E-state index contributed by atoms with van der Waals surface area (Å²) >= 11 is 0. The Kier molecular flexibility index (Phi) is 6.10. The zero-order chi connectivity index (χ0) is 22.0. The van der Waals surface area contributed by atoms with Gasteiger partial charge in [-0.3, -0.25) is 14.4 Å². The van der Waals surface area contributed by atoms with Gasteiger partial charge in [0.1, 0.15) is 5.82 Å². The molecular formula is C21H22FN5O3S. The second kappa shape index (κ2) is 8.94. The lowest BCUT2D eigenvalue weighted by Gasteiger charge is -2.17. The van der Waals surface area contributed by atoms with Crippen LogP contribution in [0.4, 0.5) is 14.9 Å². The van der Waals surface area contributed by atoms with Crippen LogP contribution < -0.4 is 10.0 Å². The molecule has 0 saturated carbocycles. The van der Waals surface area contributed by atoms with Crippen molar-refractivity contribution in [2.75, 3.05) is 5.32 Å². The number of anilines is 1. The Bertz CT molecular complexity index is 1130. The second-order valence-corrected chi connectivity index (χ2v) is 8.54. The van der Waals surface area contributed by atoms with Crippen molar-refractivity contribution in [3.05, 3.63) is 59.8 Å². The van der Waals surface area contributed by atoms with E-state index in [9.17, 15) is 18.5 Å². The van der Waals surface area contributed by atoms with E-state index in [0.717, 1.165) is 17.5 Å². The number of hydrogen-bond donors (Lipinski definition) is 3. The number of nitrogens with zero attached hydrogens (tertiary/aromatic N) is 3. The maximum atomic E-state index is 14.7. The summed E-state index contributed by atoms with van der Waals surface area (Å²) in [6.45, 7) is 1.87. The van der Waals surface area contributed by atoms with E-state index in [1.54, 1.807) is 37.6 Å². The first-order valence-corrected chi connectivity index (χ1v) is 11.0. The third-order valence-electron chi connectivity index (χ3n) is 5.02. The molecule has 0 aliphatic heterocycles. The summed E-state index contributed by atoms with van der Waals surface area (Å²) < 4.78 is 31.0. The SMILES string of the molecule is C[C@@H](O)Cn1ccc(S(=O)NC(=O)Nc2c(-c3ccncc3)cc(F)c3c2CCC3)n1. The number of pyridine rings is 1. The van der Waals surface area contributed by atoms with Crippen LogP contribution in [0.5, 0.6) is 0 Å². The maximum Gasteiger partial charge on any atom is 0.331 e. The Morgan fingerprint density at radius 1 is 1.29 bits per heavy atom. The first-order valence-electron chi connectivity index (χ1n) is 9.88. The Hall–Kier alpha value is -3.11. The molecule has 162 valence electrons. The van der Waals surface area contributed by atoms with Crippen LogP contribution in [0.15, 0.2) is 47.9 Å². The second-order valence-electron chi connectivity index (χ2n) is 7.38. The smallest absolute Gasteiger partial charge is 0.331 e. The van der Waals surface area contributed by atoms with Gasteiger partial charge in [0.15, 0.2) is 16.0 Å². The van der Waals surface area contributed by atoms with Gasteiger partial charge >= 0.3 is 6.03 Å². The van der Waals surface area contributed by atoms with Gasteiger partial charge in [0.25, 0.3) is 0 Å². The van der Waals surface area contributed by atoms with Gasteiger partial charge in [-0.25, -0.2) is 13.4 Å². The number of hydrogen-bond acceptors (Lipinski definition) is 5. The van der Waals surface area contributed by atoms with Gasteiger partial charge in [0, 0.05) is 24.2 Å². The molecule has 2 heterocycles. The fourth-order valence-corrected chi connectivity index (χ4v) is 4.41. The molecule has 8 nitrogen and oxygen atoms in total. The van der Waals surface area contributed by atoms with Gasteiger partial charge < -0.3 is 10.4 Å². The van der Waals surface area contributed by atoms with Crippen molar-refractivity contribution in [1.29, 1.82) is 0 Å². The summed E-state index contributed by atoms with van der Waals surface area (Å²) in [7, 11) is -1.89. The van der Waals surface area contributed by atoms with Crippen LogP contribution >= 0.6 is 0 Å². The molecule has 0 bridgehead atoms. The molecule has 4 rings (SSSR count). The lowest BCUT2D eigenvalue weighted by atomic mass is 9.97. The number of aliphatic hydroxyl groups excluding tert-OH is 1. The maximum absolute atomic E-state index is 14.7. The van der Waals surface area contributed by atoms with Gasteiger partial charge in [-0.1, -0.05) is 0 Å². The van der Waals surface area contributed by atoms with Crippen LogP contribution in [0.25, 0.3) is 11.1 Å². The molecule has 31 heavy (non-hydrogen) atoms. The number of fused-ring (bicyclic) bond motifs is 1. The monoisotopic (exact) mass is 443 g/mol. The molecule has 1 aromatic carbocycles. The fraction of sp³-hybridized carbons (Fsp3) is 0.286. The Labute approximate surface area is 181 Å². The third kappa shape index (κ3) is 4.64. The number of carbonyl (C=O) groups excluding carboxylic acids is 1. The zero-order valence-electron chi connectivity index (χ0n) is 16.8. The summed E-state index contributed by atoms with van der Waals surface area (Å²) in [6.07, 6.45) is 6.23. The number of carbonyl (C=O) groups is 1. The van der Waals surface area contributed by atoms with E-state index in [1.807, 2.05) is 0 Å². The molecule has 2 amide bonds. The van der Waals surface area contributed by atoms with Crippen molar-refractivity contribution >= 4 is 22.7 Å². The molecule has 1 unspecified atom stereocenters. The van der Waals surface area contributed by atoms with Crippen molar-refractivity contribution in [2.24, 2.45) is 0 Å². The number of benzene rings is 1. The predicted octanol–water partition coefficient (Wildman–Crippen LogP) is 2.80. The molecule has 1 aliphatic carbocycles. The van der Waals surface area contributed by atoms with Crippen LogP contribution in [0.2, 0.25) is 0 Å². The highest BCUT2D eigenvalue weighted by molar-refractivity contribution is 7.83. The number of rotatable bonds is 6. The van der Waals surface area contributed by atoms with Gasteiger partial charge in [0.2, 0.25) is 0 Å². The molecule has 3 aromatic rings. The minimum Gasteiger partial charge on any atom is -0.391 e. The first kappa shape index (κ1) is 21.1. The van der Waals surface area contributed by atoms with Gasteiger partial charge in [0.05, 0.1) is 18.3 Å². The summed E-state index contributed by atoms with van der Waals surface area (Å²) in [5.74, 6) is -0.294. The molecule has 0 spiro atoms. The molecular weight excluding hydrogens is 421 g/mol. The highest BCUT2D eigenvalue weighted by atomic mass is 32.2. The zero-order valence-corrected chi connectivity index (χ0v) is 17.7. The Balaban J connectivity index is 1.57. The fourth-order valence-electron chi connectivity index (χ4n) is 3.72. The first-order chi connectivity index (χ1) is 14.9. The molecule has 3 N–H and O–H groups in total. The number of aromatic nitrogens is 3. The molecule has 0 fully saturated rings. The highest BCUT2D eigenvalue weighted by Gasteiger charge is 2.24. The van der Waals surface area contributed by atoms with Crippen molar-refractivity contribution in [3.8, 4) is 11.1 Å². The van der Waals surface area contributed by atoms with Crippen molar-refractivity contribution in [3.63, 3.8) is 0 Å². The van der Waals surface area contributed by atoms with Gasteiger partial charge in [-0.15, -0.1) is 0 Å². The van der Waals surface area contributed by atoms with E-state index in [4.69, 9.17) is 0 Å². The van der Waals surface area contributed by atoms with E-state index in [-0.39, 0.29) is 17.4 Å². The minimum atomic E-state index is -1.89. The predicted molar refractivity (Wildman–Crippen MR) is 114 cm³/mol. The van der Waals surface area contributed by atoms with Crippen molar-refractivity contribution < 1.29 is 18.5 Å². The molecule has 0 saturated heterocycles. The van der Waals surface area contributed by atoms with Crippen LogP contribution in [0.3, 0.4) is 0 Å². The molecule has 2 aromatic heterocycles. The van der Waals surface area contributed by atoms with E-state index >= 15 is 0 Å². The lowest BCUT2D eigenvalue weighted by Crippen LogP contribution is -2.31. The van der Waals surface area contributed by atoms with Crippen LogP contribution in [-0.4, -0.2) is 36.2 Å². The third-order valence-corrected chi connectivity index (χ3v) is 5.99. The number of amides is 2. The average molecular weight is 444 g/mol. The van der Waals surface area contributed by atoms with Crippen LogP contribution in [0.1, 0.15) is 24.5 Å². The van der Waals surface area contributed by atoms with E-state index in [0.29, 0.717) is 29.7 Å². The number of urea groups is 1. The highest BCUT2D eigenvalue weighted by Crippen LogP contribution is 2.39. The number of aliphatic hydroxyl groups is 1. The minimum absolute atomic E-state index is 0.162. The van der Waals surface area contributed by atoms with E-state index in [1.165, 1.54) is 16.8 Å². The average Bonchev–Trinajstić information content (AvgIpc) is 3.40. The van der Waals surface area contributed by atoms with Crippen LogP contribution in [-0.2, 0) is 30.4 Å². The van der Waals surface area contributed by atoms with Gasteiger partial charge in [-0.05, 0) is 67.1 Å². The van der Waals surface area contributed by atoms with E-state index in [2.05, 4.69) is 20.1 Å². The summed E-state index contributed by atoms with van der Waals surface area (Å²) in [4.78, 5) is 16.6. The molecule has 0 radical (unpaired) electrons. The number of halogens is 1. The van der Waals surface area contributed by atoms with Gasteiger partial charge in [-0.2, -0.15) is 5.10 Å². The molecule has 10 heteroatoms. The van der Waals surface area contributed by atoms with Crippen molar-refractivity contribution in [1.82, 2.24) is 19.5 Å². The number of nitrogens with one attached hydrogen (secondary N) is 2. The Morgan fingerprint density at radius 2 is 2.03 bits per heavy atom. The molecule has 2 atom stereocenters. The lowest BCUT2D eigenvalue weighted by molar-refractivity contribution is 0.168. The largest absolute Gasteiger partial charge is 0.391 e. The van der Waals surface area contributed by atoms with Crippen LogP contribution in [0, 0.1) is 5.82 Å². The standard InChI is InChI=1S/C21H22FN5O3S/c1-13(28)12-27-10-7-19(25-27)31(30)26-21(29)24-20-16-4-2-3-15(16)18(22)11-17(20)14-5-8-23-9-6-14/h5-11,13,28H,2-4,12H2,1H3,(H2,24,26,29)/t13-,31?/m1/s1. The normalized spacial score (nSPS) is 14.7. The Morgan fingerprint density at radius 3 is 2.77 bits per heavy atom. The summed E-state index contributed by atoms with van der Waals surface area (Å²) in [5.41, 5.74) is 3.13. The molecule has 1 aliphatic rings. The topological polar surface area (TPSA) is 109 Å².